The number of aliphatic imine (C=N–C) groups is 1. The second kappa shape index (κ2) is 15.5. The number of nitrogens with one attached hydrogen (secondary N) is 2. The summed E-state index contributed by atoms with van der Waals surface area (Å²) in [5, 5.41) is 15.9. The number of benzene rings is 2. The first-order chi connectivity index (χ1) is 16.2. The lowest BCUT2D eigenvalue weighted by Gasteiger charge is -2.21. The van der Waals surface area contributed by atoms with Gasteiger partial charge in [-0.3, -0.25) is 4.79 Å². The van der Waals surface area contributed by atoms with E-state index in [1.54, 1.807) is 26.0 Å². The summed E-state index contributed by atoms with van der Waals surface area (Å²) in [5.74, 6) is -1.04. The van der Waals surface area contributed by atoms with E-state index >= 15 is 0 Å². The van der Waals surface area contributed by atoms with Crippen molar-refractivity contribution in [1.29, 1.82) is 0 Å². The highest BCUT2D eigenvalue weighted by molar-refractivity contribution is 6.44. The van der Waals surface area contributed by atoms with Gasteiger partial charge in [0.25, 0.3) is 5.91 Å². The van der Waals surface area contributed by atoms with Crippen molar-refractivity contribution in [2.45, 2.75) is 52.7 Å². The Morgan fingerprint density at radius 1 is 1.18 bits per heavy atom. The summed E-state index contributed by atoms with van der Waals surface area (Å²) >= 11 is 0. The Morgan fingerprint density at radius 3 is 2.29 bits per heavy atom. The molecule has 0 radical (unpaired) electrons. The van der Waals surface area contributed by atoms with Gasteiger partial charge in [-0.15, -0.1) is 0 Å². The maximum absolute atomic E-state index is 12.8. The van der Waals surface area contributed by atoms with Gasteiger partial charge in [0.2, 0.25) is 0 Å². The van der Waals surface area contributed by atoms with Crippen LogP contribution in [-0.2, 0) is 11.3 Å². The first kappa shape index (κ1) is 28.7. The predicted molar refractivity (Wildman–Crippen MR) is 138 cm³/mol. The molecule has 0 aliphatic rings. The van der Waals surface area contributed by atoms with Crippen LogP contribution >= 0.6 is 0 Å². The number of nitrogens with two attached hydrogens (primary N) is 1. The van der Waals surface area contributed by atoms with Crippen molar-refractivity contribution in [3.63, 3.8) is 0 Å². The molecular formula is C27H37FN4O2. The van der Waals surface area contributed by atoms with Crippen LogP contribution in [0.25, 0.3) is 0 Å². The first-order valence-corrected chi connectivity index (χ1v) is 11.3. The predicted octanol–water partition coefficient (Wildman–Crippen LogP) is 4.95. The molecule has 1 amide bonds. The van der Waals surface area contributed by atoms with Crippen LogP contribution in [0.1, 0.15) is 51.3 Å². The Hall–Kier alpha value is -3.29. The number of halogens is 1. The van der Waals surface area contributed by atoms with Gasteiger partial charge in [-0.05, 0) is 56.0 Å². The number of aliphatic hydroxyl groups is 1. The highest BCUT2D eigenvalue weighted by atomic mass is 19.1. The summed E-state index contributed by atoms with van der Waals surface area (Å²) in [6.07, 6.45) is 2.26. The normalized spacial score (nSPS) is 12.6. The highest BCUT2D eigenvalue weighted by Gasteiger charge is 2.16. The van der Waals surface area contributed by atoms with Crippen molar-refractivity contribution in [3.05, 3.63) is 95.7 Å². The molecule has 184 valence electrons. The number of allylic oxidation sites excluding steroid dienone is 1. The van der Waals surface area contributed by atoms with Crippen molar-refractivity contribution in [2.75, 3.05) is 6.54 Å². The Balaban J connectivity index is 0.000000362. The van der Waals surface area contributed by atoms with Crippen molar-refractivity contribution < 1.29 is 14.3 Å². The average molecular weight is 469 g/mol. The molecular weight excluding hydrogens is 431 g/mol. The van der Waals surface area contributed by atoms with Crippen LogP contribution in [0.3, 0.4) is 0 Å². The van der Waals surface area contributed by atoms with Gasteiger partial charge >= 0.3 is 0 Å². The number of rotatable bonds is 10. The molecule has 0 aromatic heterocycles. The molecule has 2 aromatic carbocycles. The molecule has 2 aromatic rings. The highest BCUT2D eigenvalue weighted by Crippen LogP contribution is 2.12. The lowest BCUT2D eigenvalue weighted by atomic mass is 10.1. The molecule has 0 spiro atoms. The molecule has 5 N–H and O–H groups in total. The lowest BCUT2D eigenvalue weighted by molar-refractivity contribution is -0.115. The zero-order valence-electron chi connectivity index (χ0n) is 20.5. The molecule has 34 heavy (non-hydrogen) atoms. The Morgan fingerprint density at radius 2 is 1.79 bits per heavy atom. The molecule has 0 aliphatic carbocycles. The lowest BCUT2D eigenvalue weighted by Crippen LogP contribution is -2.37. The third kappa shape index (κ3) is 10.1. The smallest absolute Gasteiger partial charge is 0.273 e. The summed E-state index contributed by atoms with van der Waals surface area (Å²) in [4.78, 5) is 15.7. The van der Waals surface area contributed by atoms with E-state index in [4.69, 9.17) is 5.73 Å². The van der Waals surface area contributed by atoms with E-state index in [2.05, 4.69) is 60.3 Å². The summed E-state index contributed by atoms with van der Waals surface area (Å²) in [7, 11) is 0. The van der Waals surface area contributed by atoms with Gasteiger partial charge in [0.1, 0.15) is 11.6 Å². The van der Waals surface area contributed by atoms with Crippen LogP contribution in [0, 0.1) is 5.82 Å². The molecule has 0 bridgehead atoms. The third-order valence-electron chi connectivity index (χ3n) is 5.06. The van der Waals surface area contributed by atoms with Gasteiger partial charge in [-0.25, -0.2) is 9.38 Å². The van der Waals surface area contributed by atoms with E-state index in [0.29, 0.717) is 24.2 Å². The second-order valence-electron chi connectivity index (χ2n) is 7.96. The van der Waals surface area contributed by atoms with Crippen molar-refractivity contribution >= 4 is 11.6 Å². The zero-order valence-corrected chi connectivity index (χ0v) is 20.5. The topological polar surface area (TPSA) is 99.7 Å². The standard InChI is InChI=1S/C15H17FN2O2.C12H20N2/c1-4-17-13(14(19)10(2)3)15(20)18-9-11-5-7-12(16)8-6-11;1-3-12(9-13)14-10(2)11-7-5-4-6-8-11/h4-8,19H,1,9H2,2-3H3,(H,18,20);4-8,10,12,14H,3,9,13H2,1-2H3. The Kier molecular flexibility index (Phi) is 13.1. The van der Waals surface area contributed by atoms with Crippen LogP contribution in [0.5, 0.6) is 0 Å². The van der Waals surface area contributed by atoms with E-state index < -0.39 is 5.91 Å². The van der Waals surface area contributed by atoms with Crippen LogP contribution < -0.4 is 16.4 Å². The number of hydrogen-bond acceptors (Lipinski definition) is 5. The van der Waals surface area contributed by atoms with Gasteiger partial charge in [0, 0.05) is 31.4 Å². The monoisotopic (exact) mass is 468 g/mol. The number of aliphatic hydroxyl groups excluding tert-OH is 1. The summed E-state index contributed by atoms with van der Waals surface area (Å²) < 4.78 is 12.8. The van der Waals surface area contributed by atoms with Crippen molar-refractivity contribution in [3.8, 4) is 0 Å². The van der Waals surface area contributed by atoms with Crippen molar-refractivity contribution in [2.24, 2.45) is 10.7 Å². The van der Waals surface area contributed by atoms with Gasteiger partial charge in [0.15, 0.2) is 5.71 Å². The minimum atomic E-state index is -0.520. The minimum Gasteiger partial charge on any atom is -0.506 e. The summed E-state index contributed by atoms with van der Waals surface area (Å²) in [6, 6.07) is 17.0. The molecule has 0 saturated heterocycles. The first-order valence-electron chi connectivity index (χ1n) is 11.3. The third-order valence-corrected chi connectivity index (χ3v) is 5.06. The molecule has 0 saturated carbocycles. The molecule has 7 heteroatoms. The van der Waals surface area contributed by atoms with Crippen LogP contribution in [0.4, 0.5) is 4.39 Å². The maximum Gasteiger partial charge on any atom is 0.273 e. The summed E-state index contributed by atoms with van der Waals surface area (Å²) in [5.41, 5.74) is 8.19. The van der Waals surface area contributed by atoms with Crippen LogP contribution in [0.2, 0.25) is 0 Å². The quantitative estimate of drug-likeness (QED) is 0.293. The molecule has 0 heterocycles. The van der Waals surface area contributed by atoms with Gasteiger partial charge in [-0.2, -0.15) is 0 Å². The maximum atomic E-state index is 12.8. The molecule has 2 rings (SSSR count). The fraction of sp³-hybridized carbons (Fsp3) is 0.333. The second-order valence-corrected chi connectivity index (χ2v) is 7.96. The summed E-state index contributed by atoms with van der Waals surface area (Å²) in [6.45, 7) is 12.0. The van der Waals surface area contributed by atoms with Gasteiger partial charge < -0.3 is 21.5 Å². The molecule has 0 aliphatic heterocycles. The average Bonchev–Trinajstić information content (AvgIpc) is 2.85. The van der Waals surface area contributed by atoms with E-state index in [9.17, 15) is 14.3 Å². The van der Waals surface area contributed by atoms with Gasteiger partial charge in [-0.1, -0.05) is 56.0 Å². The van der Waals surface area contributed by atoms with E-state index in [1.807, 2.05) is 6.07 Å². The number of hydrogen-bond donors (Lipinski definition) is 4. The van der Waals surface area contributed by atoms with Crippen LogP contribution in [0.15, 0.2) is 83.7 Å². The minimum absolute atomic E-state index is 0.0953. The SMILES string of the molecule is C=CN=C(C(=O)NCc1ccc(F)cc1)C(O)=C(C)C.CCC(CN)NC(C)c1ccccc1. The number of nitrogens with zero attached hydrogens (tertiary/aromatic N) is 1. The fourth-order valence-electron chi connectivity index (χ4n) is 2.97. The number of carbonyl (C=O) groups excluding carboxylic acids is 1. The molecule has 6 nitrogen and oxygen atoms in total. The fourth-order valence-corrected chi connectivity index (χ4v) is 2.97. The van der Waals surface area contributed by atoms with E-state index in [0.717, 1.165) is 12.0 Å². The zero-order chi connectivity index (χ0) is 25.5. The Labute approximate surface area is 202 Å². The van der Waals surface area contributed by atoms with E-state index in [1.165, 1.54) is 23.9 Å². The molecule has 2 unspecified atom stereocenters. The number of amides is 1. The largest absolute Gasteiger partial charge is 0.506 e. The molecule has 2 atom stereocenters. The van der Waals surface area contributed by atoms with E-state index in [-0.39, 0.29) is 23.8 Å². The number of carbonyl (C=O) groups is 1. The molecule has 0 fully saturated rings. The van der Waals surface area contributed by atoms with Gasteiger partial charge in [0.05, 0.1) is 0 Å². The Bertz CT molecular complexity index is 948. The van der Waals surface area contributed by atoms with Crippen LogP contribution in [-0.4, -0.2) is 29.3 Å². The van der Waals surface area contributed by atoms with Crippen molar-refractivity contribution in [1.82, 2.24) is 10.6 Å².